The van der Waals surface area contributed by atoms with E-state index in [0.29, 0.717) is 12.0 Å². The molecule has 2 heterocycles. The molecule has 2 amide bonds. The van der Waals surface area contributed by atoms with E-state index in [-0.39, 0.29) is 11.8 Å². The van der Waals surface area contributed by atoms with E-state index < -0.39 is 0 Å². The van der Waals surface area contributed by atoms with Crippen LogP contribution in [0.25, 0.3) is 0 Å². The van der Waals surface area contributed by atoms with Gasteiger partial charge in [0, 0.05) is 50.4 Å². The molecular formula is C23H28N4O2. The molecule has 0 saturated carbocycles. The molecule has 2 aliphatic rings. The van der Waals surface area contributed by atoms with Crippen LogP contribution >= 0.6 is 0 Å². The second-order valence-corrected chi connectivity index (χ2v) is 7.59. The first-order valence-corrected chi connectivity index (χ1v) is 10.4. The lowest BCUT2D eigenvalue weighted by atomic mass is 10.1. The summed E-state index contributed by atoms with van der Waals surface area (Å²) in [6.45, 7) is 8.01. The summed E-state index contributed by atoms with van der Waals surface area (Å²) >= 11 is 0. The average Bonchev–Trinajstić information content (AvgIpc) is 3.20. The lowest BCUT2D eigenvalue weighted by Gasteiger charge is -2.36. The largest absolute Gasteiger partial charge is 0.367 e. The second kappa shape index (κ2) is 8.66. The predicted molar refractivity (Wildman–Crippen MR) is 117 cm³/mol. The molecule has 0 atom stereocenters. The molecule has 2 aliphatic heterocycles. The van der Waals surface area contributed by atoms with Crippen molar-refractivity contribution in [1.82, 2.24) is 4.90 Å². The highest BCUT2D eigenvalue weighted by atomic mass is 16.2. The number of nitrogens with one attached hydrogen (secondary N) is 1. The molecule has 6 heteroatoms. The molecule has 0 unspecified atom stereocenters. The van der Waals surface area contributed by atoms with Gasteiger partial charge in [-0.05, 0) is 49.4 Å². The third-order valence-electron chi connectivity index (χ3n) is 5.83. The van der Waals surface area contributed by atoms with E-state index in [9.17, 15) is 9.59 Å². The van der Waals surface area contributed by atoms with Gasteiger partial charge in [-0.1, -0.05) is 19.1 Å². The molecule has 0 radical (unpaired) electrons. The number of anilines is 3. The molecule has 152 valence electrons. The summed E-state index contributed by atoms with van der Waals surface area (Å²) < 4.78 is 0. The second-order valence-electron chi connectivity index (χ2n) is 7.59. The van der Waals surface area contributed by atoms with Gasteiger partial charge in [0.05, 0.1) is 11.4 Å². The monoisotopic (exact) mass is 392 g/mol. The van der Waals surface area contributed by atoms with E-state index in [1.807, 2.05) is 30.3 Å². The van der Waals surface area contributed by atoms with Crippen LogP contribution in [0.3, 0.4) is 0 Å². The number of benzene rings is 2. The van der Waals surface area contributed by atoms with Gasteiger partial charge in [-0.3, -0.25) is 9.59 Å². The average molecular weight is 393 g/mol. The van der Waals surface area contributed by atoms with Gasteiger partial charge in [-0.2, -0.15) is 0 Å². The lowest BCUT2D eigenvalue weighted by molar-refractivity contribution is -0.117. The van der Waals surface area contributed by atoms with Crippen molar-refractivity contribution in [3.8, 4) is 0 Å². The Balaban J connectivity index is 1.45. The van der Waals surface area contributed by atoms with E-state index in [4.69, 9.17) is 0 Å². The maximum Gasteiger partial charge on any atom is 0.255 e. The van der Waals surface area contributed by atoms with Crippen LogP contribution in [-0.4, -0.2) is 56.0 Å². The predicted octanol–water partition coefficient (Wildman–Crippen LogP) is 3.21. The summed E-state index contributed by atoms with van der Waals surface area (Å²) in [7, 11) is 0. The summed E-state index contributed by atoms with van der Waals surface area (Å²) in [5.74, 6) is 0.0169. The minimum atomic E-state index is -0.135. The van der Waals surface area contributed by atoms with E-state index in [2.05, 4.69) is 28.1 Å². The van der Waals surface area contributed by atoms with Gasteiger partial charge in [0.25, 0.3) is 5.91 Å². The van der Waals surface area contributed by atoms with Gasteiger partial charge in [0.15, 0.2) is 0 Å². The zero-order valence-electron chi connectivity index (χ0n) is 16.9. The summed E-state index contributed by atoms with van der Waals surface area (Å²) in [4.78, 5) is 31.3. The zero-order chi connectivity index (χ0) is 20.2. The molecule has 0 aliphatic carbocycles. The van der Waals surface area contributed by atoms with E-state index in [1.165, 1.54) is 0 Å². The van der Waals surface area contributed by atoms with Crippen LogP contribution in [0.15, 0.2) is 48.5 Å². The Morgan fingerprint density at radius 1 is 0.966 bits per heavy atom. The topological polar surface area (TPSA) is 55.9 Å². The van der Waals surface area contributed by atoms with Crippen LogP contribution < -0.4 is 15.1 Å². The maximum atomic E-state index is 12.8. The fourth-order valence-electron chi connectivity index (χ4n) is 4.07. The fraction of sp³-hybridized carbons (Fsp3) is 0.391. The molecule has 0 aromatic heterocycles. The van der Waals surface area contributed by atoms with Crippen molar-refractivity contribution in [1.29, 1.82) is 0 Å². The van der Waals surface area contributed by atoms with Crippen molar-refractivity contribution in [3.05, 3.63) is 54.1 Å². The van der Waals surface area contributed by atoms with Crippen LogP contribution in [0.1, 0.15) is 30.1 Å². The zero-order valence-corrected chi connectivity index (χ0v) is 16.9. The van der Waals surface area contributed by atoms with Crippen LogP contribution in [0.4, 0.5) is 17.1 Å². The molecule has 0 bridgehead atoms. The standard InChI is InChI=1S/C23H28N4O2/c1-2-25-14-16-26(17-15-25)21-7-4-3-6-20(21)24-23(29)18-9-11-19(12-10-18)27-13-5-8-22(27)28/h3-4,6-7,9-12H,2,5,8,13-17H2,1H3,(H,24,29). The SMILES string of the molecule is CCN1CCN(c2ccccc2NC(=O)c2ccc(N3CCCC3=O)cc2)CC1. The van der Waals surface area contributed by atoms with Gasteiger partial charge in [-0.15, -0.1) is 0 Å². The number of nitrogens with zero attached hydrogens (tertiary/aromatic N) is 3. The molecule has 2 fully saturated rings. The van der Waals surface area contributed by atoms with Gasteiger partial charge >= 0.3 is 0 Å². The molecule has 6 nitrogen and oxygen atoms in total. The molecule has 2 aromatic rings. The highest BCUT2D eigenvalue weighted by Crippen LogP contribution is 2.28. The highest BCUT2D eigenvalue weighted by molar-refractivity contribution is 6.06. The number of rotatable bonds is 5. The molecule has 0 spiro atoms. The smallest absolute Gasteiger partial charge is 0.255 e. The first-order chi connectivity index (χ1) is 14.2. The van der Waals surface area contributed by atoms with Crippen molar-refractivity contribution >= 4 is 28.9 Å². The number of hydrogen-bond donors (Lipinski definition) is 1. The molecule has 29 heavy (non-hydrogen) atoms. The van der Waals surface area contributed by atoms with Crippen molar-refractivity contribution in [2.75, 3.05) is 54.4 Å². The van der Waals surface area contributed by atoms with E-state index in [1.54, 1.807) is 17.0 Å². The Morgan fingerprint density at radius 2 is 1.69 bits per heavy atom. The number of likely N-dealkylation sites (N-methyl/N-ethyl adjacent to an activating group) is 1. The quantitative estimate of drug-likeness (QED) is 0.849. The van der Waals surface area contributed by atoms with Gasteiger partial charge in [0.2, 0.25) is 5.91 Å². The number of amides is 2. The normalized spacial score (nSPS) is 17.6. The first-order valence-electron chi connectivity index (χ1n) is 10.4. The van der Waals surface area contributed by atoms with Gasteiger partial charge in [-0.25, -0.2) is 0 Å². The molecular weight excluding hydrogens is 364 g/mol. The number of para-hydroxylation sites is 2. The highest BCUT2D eigenvalue weighted by Gasteiger charge is 2.22. The van der Waals surface area contributed by atoms with E-state index >= 15 is 0 Å². The van der Waals surface area contributed by atoms with Gasteiger partial charge < -0.3 is 20.0 Å². The van der Waals surface area contributed by atoms with Crippen LogP contribution in [-0.2, 0) is 4.79 Å². The van der Waals surface area contributed by atoms with Crippen molar-refractivity contribution < 1.29 is 9.59 Å². The Hall–Kier alpha value is -2.86. The molecule has 4 rings (SSSR count). The summed E-state index contributed by atoms with van der Waals surface area (Å²) in [6.07, 6.45) is 1.50. The lowest BCUT2D eigenvalue weighted by Crippen LogP contribution is -2.46. The Labute approximate surface area is 172 Å². The summed E-state index contributed by atoms with van der Waals surface area (Å²) in [5, 5.41) is 3.07. The van der Waals surface area contributed by atoms with Crippen LogP contribution in [0.5, 0.6) is 0 Å². The fourth-order valence-corrected chi connectivity index (χ4v) is 4.07. The maximum absolute atomic E-state index is 12.8. The van der Waals surface area contributed by atoms with Crippen molar-refractivity contribution in [3.63, 3.8) is 0 Å². The number of piperazine rings is 1. The van der Waals surface area contributed by atoms with Crippen LogP contribution in [0, 0.1) is 0 Å². The van der Waals surface area contributed by atoms with Gasteiger partial charge in [0.1, 0.15) is 0 Å². The van der Waals surface area contributed by atoms with Crippen LogP contribution in [0.2, 0.25) is 0 Å². The number of carbonyl (C=O) groups is 2. The Morgan fingerprint density at radius 3 is 2.34 bits per heavy atom. The summed E-state index contributed by atoms with van der Waals surface area (Å²) in [6, 6.07) is 15.3. The molecule has 2 saturated heterocycles. The Kier molecular flexibility index (Phi) is 5.81. The number of hydrogen-bond acceptors (Lipinski definition) is 4. The third-order valence-corrected chi connectivity index (χ3v) is 5.83. The Bertz CT molecular complexity index is 873. The molecule has 1 N–H and O–H groups in total. The minimum absolute atomic E-state index is 0.135. The first kappa shape index (κ1) is 19.5. The van der Waals surface area contributed by atoms with E-state index in [0.717, 1.165) is 62.8 Å². The number of carbonyl (C=O) groups excluding carboxylic acids is 2. The third kappa shape index (κ3) is 4.27. The van der Waals surface area contributed by atoms with Crippen molar-refractivity contribution in [2.24, 2.45) is 0 Å². The summed E-state index contributed by atoms with van der Waals surface area (Å²) in [5.41, 5.74) is 3.35. The minimum Gasteiger partial charge on any atom is -0.367 e. The molecule has 2 aromatic carbocycles. The van der Waals surface area contributed by atoms with Crippen molar-refractivity contribution in [2.45, 2.75) is 19.8 Å².